The molecule has 0 saturated carbocycles. The fourth-order valence-electron chi connectivity index (χ4n) is 3.96. The summed E-state index contributed by atoms with van der Waals surface area (Å²) in [5.74, 6) is 1.87. The Morgan fingerprint density at radius 3 is 2.24 bits per heavy atom. The number of benzene rings is 1. The predicted molar refractivity (Wildman–Crippen MR) is 105 cm³/mol. The number of piperidine rings is 2. The number of aryl methyl sites for hydroxylation is 1. The number of hydrogen-bond acceptors (Lipinski definition) is 3. The second-order valence-corrected chi connectivity index (χ2v) is 8.13. The summed E-state index contributed by atoms with van der Waals surface area (Å²) in [6.07, 6.45) is 6.14. The van der Waals surface area contributed by atoms with Gasteiger partial charge >= 0.3 is 0 Å². The van der Waals surface area contributed by atoms with Gasteiger partial charge < -0.3 is 15.5 Å². The Morgan fingerprint density at radius 1 is 1.04 bits per heavy atom. The van der Waals surface area contributed by atoms with Gasteiger partial charge in [-0.1, -0.05) is 19.9 Å². The van der Waals surface area contributed by atoms with Gasteiger partial charge in [0.1, 0.15) is 0 Å². The zero-order valence-electron chi connectivity index (χ0n) is 15.8. The second kappa shape index (κ2) is 8.11. The molecule has 4 nitrogen and oxygen atoms in total. The van der Waals surface area contributed by atoms with Crippen molar-refractivity contribution in [2.75, 3.05) is 36.8 Å². The smallest absolute Gasteiger partial charge is 0.222 e. The van der Waals surface area contributed by atoms with E-state index in [4.69, 9.17) is 5.73 Å². The lowest BCUT2D eigenvalue weighted by Gasteiger charge is -2.33. The van der Waals surface area contributed by atoms with E-state index in [-0.39, 0.29) is 0 Å². The van der Waals surface area contributed by atoms with Crippen molar-refractivity contribution in [2.45, 2.75) is 52.4 Å². The minimum absolute atomic E-state index is 0.291. The summed E-state index contributed by atoms with van der Waals surface area (Å²) in [6, 6.07) is 6.36. The number of nitrogens with two attached hydrogens (primary N) is 1. The van der Waals surface area contributed by atoms with Gasteiger partial charge in [0, 0.05) is 32.6 Å². The number of carbonyl (C=O) groups is 1. The van der Waals surface area contributed by atoms with E-state index in [0.717, 1.165) is 68.7 Å². The van der Waals surface area contributed by atoms with Gasteiger partial charge in [0.2, 0.25) is 5.91 Å². The molecule has 1 aromatic rings. The van der Waals surface area contributed by atoms with Gasteiger partial charge in [0.15, 0.2) is 0 Å². The molecule has 0 atom stereocenters. The van der Waals surface area contributed by atoms with Gasteiger partial charge in [-0.3, -0.25) is 4.79 Å². The van der Waals surface area contributed by atoms with Crippen molar-refractivity contribution < 1.29 is 4.79 Å². The van der Waals surface area contributed by atoms with Crippen LogP contribution in [0.3, 0.4) is 0 Å². The number of anilines is 2. The molecule has 2 aliphatic heterocycles. The first-order valence-corrected chi connectivity index (χ1v) is 9.94. The van der Waals surface area contributed by atoms with Crippen LogP contribution in [0.4, 0.5) is 11.4 Å². The van der Waals surface area contributed by atoms with Crippen molar-refractivity contribution in [3.63, 3.8) is 0 Å². The molecule has 2 N–H and O–H groups in total. The molecule has 0 aromatic heterocycles. The lowest BCUT2D eigenvalue weighted by atomic mass is 9.98. The summed E-state index contributed by atoms with van der Waals surface area (Å²) in [4.78, 5) is 16.8. The molecule has 0 radical (unpaired) electrons. The summed E-state index contributed by atoms with van der Waals surface area (Å²) in [6.45, 7) is 8.63. The van der Waals surface area contributed by atoms with Gasteiger partial charge in [0.05, 0.1) is 11.4 Å². The van der Waals surface area contributed by atoms with Crippen molar-refractivity contribution in [3.05, 3.63) is 23.8 Å². The monoisotopic (exact) mass is 343 g/mol. The van der Waals surface area contributed by atoms with Crippen LogP contribution in [-0.2, 0) is 11.2 Å². The van der Waals surface area contributed by atoms with Crippen LogP contribution in [0.15, 0.2) is 18.2 Å². The number of hydrogen-bond donors (Lipinski definition) is 1. The average molecular weight is 344 g/mol. The highest BCUT2D eigenvalue weighted by Gasteiger charge is 2.20. The van der Waals surface area contributed by atoms with Crippen molar-refractivity contribution >= 4 is 17.3 Å². The van der Waals surface area contributed by atoms with Gasteiger partial charge in [-0.25, -0.2) is 0 Å². The molecule has 1 aromatic carbocycles. The number of likely N-dealkylation sites (tertiary alicyclic amines) is 1. The SMILES string of the molecule is CC1CCN(C(=O)CCc2ccc(N3CCC(C)CC3)c(N)c2)CC1. The average Bonchev–Trinajstić information content (AvgIpc) is 2.61. The van der Waals surface area contributed by atoms with E-state index in [2.05, 4.69) is 36.9 Å². The zero-order chi connectivity index (χ0) is 17.8. The highest BCUT2D eigenvalue weighted by atomic mass is 16.2. The fraction of sp³-hybridized carbons (Fsp3) is 0.667. The van der Waals surface area contributed by atoms with Gasteiger partial charge in [0.25, 0.3) is 0 Å². The Hall–Kier alpha value is -1.71. The minimum Gasteiger partial charge on any atom is -0.397 e. The number of nitrogen functional groups attached to an aromatic ring is 1. The standard InChI is InChI=1S/C21H33N3O/c1-16-7-11-23(12-8-16)20-5-3-18(15-19(20)22)4-6-21(25)24-13-9-17(2)10-14-24/h3,5,15-17H,4,6-14,22H2,1-2H3. The Kier molecular flexibility index (Phi) is 5.87. The van der Waals surface area contributed by atoms with E-state index in [9.17, 15) is 4.79 Å². The first-order chi connectivity index (χ1) is 12.0. The normalized spacial score (nSPS) is 20.1. The second-order valence-electron chi connectivity index (χ2n) is 8.13. The van der Waals surface area contributed by atoms with Crippen molar-refractivity contribution in [1.82, 2.24) is 4.90 Å². The molecule has 2 saturated heterocycles. The molecule has 3 rings (SSSR count). The van der Waals surface area contributed by atoms with Crippen molar-refractivity contribution in [2.24, 2.45) is 11.8 Å². The van der Waals surface area contributed by atoms with Crippen LogP contribution in [0.5, 0.6) is 0 Å². The third-order valence-corrected chi connectivity index (χ3v) is 5.98. The first-order valence-electron chi connectivity index (χ1n) is 9.94. The third-order valence-electron chi connectivity index (χ3n) is 5.98. The Morgan fingerprint density at radius 2 is 1.64 bits per heavy atom. The van der Waals surface area contributed by atoms with Crippen LogP contribution in [-0.4, -0.2) is 37.0 Å². The first kappa shape index (κ1) is 18.1. The van der Waals surface area contributed by atoms with Crippen LogP contribution in [0.1, 0.15) is 51.5 Å². The summed E-state index contributed by atoms with van der Waals surface area (Å²) in [5, 5.41) is 0. The largest absolute Gasteiger partial charge is 0.397 e. The topological polar surface area (TPSA) is 49.6 Å². The molecule has 2 heterocycles. The maximum atomic E-state index is 12.4. The van der Waals surface area contributed by atoms with E-state index in [1.165, 1.54) is 18.4 Å². The minimum atomic E-state index is 0.291. The summed E-state index contributed by atoms with van der Waals surface area (Å²) in [5.41, 5.74) is 9.50. The molecule has 25 heavy (non-hydrogen) atoms. The maximum Gasteiger partial charge on any atom is 0.222 e. The molecule has 0 aliphatic carbocycles. The van der Waals surface area contributed by atoms with Crippen molar-refractivity contribution in [3.8, 4) is 0 Å². The third kappa shape index (κ3) is 4.68. The van der Waals surface area contributed by atoms with E-state index in [1.54, 1.807) is 0 Å². The van der Waals surface area contributed by atoms with Crippen LogP contribution in [0, 0.1) is 11.8 Å². The van der Waals surface area contributed by atoms with Crippen LogP contribution < -0.4 is 10.6 Å². The molecule has 0 unspecified atom stereocenters. The Labute approximate surface area is 152 Å². The number of nitrogens with zero attached hydrogens (tertiary/aromatic N) is 2. The molecule has 2 aliphatic rings. The van der Waals surface area contributed by atoms with Crippen LogP contribution in [0.2, 0.25) is 0 Å². The van der Waals surface area contributed by atoms with Crippen molar-refractivity contribution in [1.29, 1.82) is 0 Å². The van der Waals surface area contributed by atoms with Crippen LogP contribution >= 0.6 is 0 Å². The number of amides is 1. The summed E-state index contributed by atoms with van der Waals surface area (Å²) in [7, 11) is 0. The molecular formula is C21H33N3O. The molecular weight excluding hydrogens is 310 g/mol. The maximum absolute atomic E-state index is 12.4. The molecule has 0 spiro atoms. The summed E-state index contributed by atoms with van der Waals surface area (Å²) < 4.78 is 0. The Bertz CT molecular complexity index is 585. The van der Waals surface area contributed by atoms with E-state index >= 15 is 0 Å². The van der Waals surface area contributed by atoms with Gasteiger partial charge in [-0.15, -0.1) is 0 Å². The fourth-order valence-corrected chi connectivity index (χ4v) is 3.96. The van der Waals surface area contributed by atoms with E-state index in [0.29, 0.717) is 12.3 Å². The molecule has 2 fully saturated rings. The molecule has 138 valence electrons. The van der Waals surface area contributed by atoms with E-state index < -0.39 is 0 Å². The van der Waals surface area contributed by atoms with Gasteiger partial charge in [-0.05, 0) is 61.6 Å². The molecule has 4 heteroatoms. The number of carbonyl (C=O) groups excluding carboxylic acids is 1. The highest BCUT2D eigenvalue weighted by molar-refractivity contribution is 5.77. The lowest BCUT2D eigenvalue weighted by Crippen LogP contribution is -2.38. The predicted octanol–water partition coefficient (Wildman–Crippen LogP) is 3.70. The quantitative estimate of drug-likeness (QED) is 0.848. The van der Waals surface area contributed by atoms with E-state index in [1.807, 2.05) is 4.90 Å². The Balaban J connectivity index is 1.53. The lowest BCUT2D eigenvalue weighted by molar-refractivity contribution is -0.132. The highest BCUT2D eigenvalue weighted by Crippen LogP contribution is 2.29. The van der Waals surface area contributed by atoms with Gasteiger partial charge in [-0.2, -0.15) is 0 Å². The molecule has 0 bridgehead atoms. The summed E-state index contributed by atoms with van der Waals surface area (Å²) >= 11 is 0. The van der Waals surface area contributed by atoms with Crippen LogP contribution in [0.25, 0.3) is 0 Å². The number of rotatable bonds is 4. The molecule has 1 amide bonds. The zero-order valence-corrected chi connectivity index (χ0v) is 15.8.